The maximum atomic E-state index is 12.4. The van der Waals surface area contributed by atoms with Gasteiger partial charge in [-0.25, -0.2) is 4.79 Å². The highest BCUT2D eigenvalue weighted by molar-refractivity contribution is 5.68. The topological polar surface area (TPSA) is 56.6 Å². The molecular formula is C19H31N3O3. The molecule has 0 aliphatic carbocycles. The Morgan fingerprint density at radius 1 is 1.36 bits per heavy atom. The van der Waals surface area contributed by atoms with Crippen molar-refractivity contribution in [2.24, 2.45) is 0 Å². The highest BCUT2D eigenvalue weighted by Crippen LogP contribution is 2.36. The molecule has 2 aliphatic heterocycles. The number of aryl methyl sites for hydroxylation is 1. The molecule has 3 atom stereocenters. The minimum Gasteiger partial charge on any atom is -0.444 e. The van der Waals surface area contributed by atoms with Gasteiger partial charge in [0, 0.05) is 30.8 Å². The Morgan fingerprint density at radius 2 is 2.12 bits per heavy atom. The van der Waals surface area contributed by atoms with Crippen molar-refractivity contribution in [3.8, 4) is 0 Å². The van der Waals surface area contributed by atoms with E-state index in [0.717, 1.165) is 39.0 Å². The lowest BCUT2D eigenvalue weighted by Crippen LogP contribution is -2.46. The van der Waals surface area contributed by atoms with Gasteiger partial charge in [0.1, 0.15) is 5.60 Å². The zero-order valence-corrected chi connectivity index (χ0v) is 16.1. The summed E-state index contributed by atoms with van der Waals surface area (Å²) in [4.78, 5) is 14.3. The van der Waals surface area contributed by atoms with Crippen molar-refractivity contribution >= 4 is 6.09 Å². The number of piperidine rings is 1. The van der Waals surface area contributed by atoms with Gasteiger partial charge in [-0.2, -0.15) is 5.10 Å². The van der Waals surface area contributed by atoms with Crippen LogP contribution < -0.4 is 0 Å². The molecule has 3 heterocycles. The van der Waals surface area contributed by atoms with Gasteiger partial charge in [0.25, 0.3) is 0 Å². The van der Waals surface area contributed by atoms with E-state index < -0.39 is 5.60 Å². The third-order valence-corrected chi connectivity index (χ3v) is 5.17. The second-order valence-electron chi connectivity index (χ2n) is 8.42. The highest BCUT2D eigenvalue weighted by Gasteiger charge is 2.35. The van der Waals surface area contributed by atoms with Gasteiger partial charge in [-0.1, -0.05) is 0 Å². The van der Waals surface area contributed by atoms with Crippen LogP contribution in [0.25, 0.3) is 0 Å². The minimum absolute atomic E-state index is 0.163. The van der Waals surface area contributed by atoms with E-state index in [9.17, 15) is 4.79 Å². The molecular weight excluding hydrogens is 318 g/mol. The van der Waals surface area contributed by atoms with Crippen LogP contribution in [0.5, 0.6) is 0 Å². The fraction of sp³-hybridized carbons (Fsp3) is 0.789. The van der Waals surface area contributed by atoms with E-state index in [0.29, 0.717) is 12.0 Å². The summed E-state index contributed by atoms with van der Waals surface area (Å²) < 4.78 is 13.3. The maximum Gasteiger partial charge on any atom is 0.410 e. The zero-order valence-electron chi connectivity index (χ0n) is 16.1. The molecule has 1 aromatic heterocycles. The molecule has 25 heavy (non-hydrogen) atoms. The Labute approximate surface area is 150 Å². The number of rotatable bonds is 2. The standard InChI is InChI=1S/C19H31N3O3/c1-13-11-20-22(16-7-9-24-12-16)17(13)15-6-8-21(14(2)10-15)18(23)25-19(3,4)5/h11,14-16H,6-10,12H2,1-5H3/t14-,15+,16+/m1/s1. The molecule has 1 aromatic rings. The number of likely N-dealkylation sites (tertiary alicyclic amines) is 1. The Hall–Kier alpha value is -1.56. The molecule has 2 fully saturated rings. The first-order chi connectivity index (χ1) is 11.8. The lowest BCUT2D eigenvalue weighted by Gasteiger charge is -2.39. The molecule has 140 valence electrons. The van der Waals surface area contributed by atoms with Gasteiger partial charge >= 0.3 is 6.09 Å². The first-order valence-corrected chi connectivity index (χ1v) is 9.37. The molecule has 1 amide bonds. The third-order valence-electron chi connectivity index (χ3n) is 5.17. The van der Waals surface area contributed by atoms with Crippen LogP contribution in [0.1, 0.15) is 70.2 Å². The SMILES string of the molecule is Cc1cnn([C@H]2CCOC2)c1[C@H]1CCN(C(=O)OC(C)(C)C)[C@H](C)C1. The molecule has 2 aliphatic rings. The Balaban J connectivity index is 1.71. The van der Waals surface area contributed by atoms with Crippen molar-refractivity contribution < 1.29 is 14.3 Å². The lowest BCUT2D eigenvalue weighted by atomic mass is 9.87. The van der Waals surface area contributed by atoms with E-state index in [2.05, 4.69) is 23.6 Å². The smallest absolute Gasteiger partial charge is 0.410 e. The zero-order chi connectivity index (χ0) is 18.2. The first-order valence-electron chi connectivity index (χ1n) is 9.37. The Morgan fingerprint density at radius 3 is 2.72 bits per heavy atom. The second-order valence-corrected chi connectivity index (χ2v) is 8.42. The molecule has 0 radical (unpaired) electrons. The van der Waals surface area contributed by atoms with E-state index in [-0.39, 0.29) is 12.1 Å². The van der Waals surface area contributed by atoms with Crippen LogP contribution in [0.15, 0.2) is 6.20 Å². The number of hydrogen-bond donors (Lipinski definition) is 0. The number of carbonyl (C=O) groups is 1. The maximum absolute atomic E-state index is 12.4. The van der Waals surface area contributed by atoms with Crippen LogP contribution in [-0.4, -0.2) is 52.2 Å². The van der Waals surface area contributed by atoms with Gasteiger partial charge in [-0.05, 0) is 59.4 Å². The fourth-order valence-corrected chi connectivity index (χ4v) is 3.99. The quantitative estimate of drug-likeness (QED) is 0.818. The van der Waals surface area contributed by atoms with Crippen molar-refractivity contribution in [3.63, 3.8) is 0 Å². The number of nitrogens with zero attached hydrogens (tertiary/aromatic N) is 3. The number of carbonyl (C=O) groups excluding carboxylic acids is 1. The summed E-state index contributed by atoms with van der Waals surface area (Å²) in [6.45, 7) is 12.3. The highest BCUT2D eigenvalue weighted by atomic mass is 16.6. The molecule has 0 unspecified atom stereocenters. The van der Waals surface area contributed by atoms with E-state index >= 15 is 0 Å². The average Bonchev–Trinajstić information content (AvgIpc) is 3.14. The van der Waals surface area contributed by atoms with E-state index in [1.807, 2.05) is 31.9 Å². The van der Waals surface area contributed by atoms with Gasteiger partial charge in [-0.3, -0.25) is 4.68 Å². The lowest BCUT2D eigenvalue weighted by molar-refractivity contribution is 0.0100. The summed E-state index contributed by atoms with van der Waals surface area (Å²) in [6.07, 6.45) is 4.69. The van der Waals surface area contributed by atoms with Crippen molar-refractivity contribution in [1.82, 2.24) is 14.7 Å². The van der Waals surface area contributed by atoms with E-state index in [4.69, 9.17) is 9.47 Å². The van der Waals surface area contributed by atoms with E-state index in [1.54, 1.807) is 0 Å². The van der Waals surface area contributed by atoms with Gasteiger partial charge in [0.15, 0.2) is 0 Å². The minimum atomic E-state index is -0.453. The molecule has 0 saturated carbocycles. The monoisotopic (exact) mass is 349 g/mol. The summed E-state index contributed by atoms with van der Waals surface area (Å²) in [7, 11) is 0. The second kappa shape index (κ2) is 6.98. The number of aromatic nitrogens is 2. The number of ether oxygens (including phenoxy) is 2. The van der Waals surface area contributed by atoms with Crippen LogP contribution in [-0.2, 0) is 9.47 Å². The van der Waals surface area contributed by atoms with E-state index in [1.165, 1.54) is 11.3 Å². The predicted molar refractivity (Wildman–Crippen MR) is 95.8 cm³/mol. The Bertz CT molecular complexity index is 614. The van der Waals surface area contributed by atoms with Crippen molar-refractivity contribution in [3.05, 3.63) is 17.5 Å². The van der Waals surface area contributed by atoms with Crippen LogP contribution in [0.4, 0.5) is 4.79 Å². The third kappa shape index (κ3) is 4.00. The number of hydrogen-bond acceptors (Lipinski definition) is 4. The molecule has 0 N–H and O–H groups in total. The largest absolute Gasteiger partial charge is 0.444 e. The van der Waals surface area contributed by atoms with Gasteiger partial charge in [-0.15, -0.1) is 0 Å². The fourth-order valence-electron chi connectivity index (χ4n) is 3.99. The van der Waals surface area contributed by atoms with Crippen molar-refractivity contribution in [2.75, 3.05) is 19.8 Å². The van der Waals surface area contributed by atoms with Gasteiger partial charge in [0.2, 0.25) is 0 Å². The van der Waals surface area contributed by atoms with Gasteiger partial charge < -0.3 is 14.4 Å². The predicted octanol–water partition coefficient (Wildman–Crippen LogP) is 3.66. The van der Waals surface area contributed by atoms with Crippen LogP contribution >= 0.6 is 0 Å². The molecule has 0 aromatic carbocycles. The Kier molecular flexibility index (Phi) is 5.09. The van der Waals surface area contributed by atoms with Crippen LogP contribution in [0, 0.1) is 6.92 Å². The molecule has 0 bridgehead atoms. The summed E-state index contributed by atoms with van der Waals surface area (Å²) in [5, 5.41) is 4.63. The summed E-state index contributed by atoms with van der Waals surface area (Å²) in [5.74, 6) is 0.428. The average molecular weight is 349 g/mol. The molecule has 3 rings (SSSR count). The first kappa shape index (κ1) is 18.2. The molecule has 6 nitrogen and oxygen atoms in total. The molecule has 6 heteroatoms. The van der Waals surface area contributed by atoms with Crippen LogP contribution in [0.2, 0.25) is 0 Å². The molecule has 2 saturated heterocycles. The summed E-state index contributed by atoms with van der Waals surface area (Å²) >= 11 is 0. The van der Waals surface area contributed by atoms with Crippen molar-refractivity contribution in [2.45, 2.75) is 77.5 Å². The number of amides is 1. The normalized spacial score (nSPS) is 27.6. The van der Waals surface area contributed by atoms with Gasteiger partial charge in [0.05, 0.1) is 18.8 Å². The molecule has 0 spiro atoms. The van der Waals surface area contributed by atoms with Crippen molar-refractivity contribution in [1.29, 1.82) is 0 Å². The summed E-state index contributed by atoms with van der Waals surface area (Å²) in [5.41, 5.74) is 2.12. The van der Waals surface area contributed by atoms with Crippen LogP contribution in [0.3, 0.4) is 0 Å². The summed E-state index contributed by atoms with van der Waals surface area (Å²) in [6, 6.07) is 0.513.